The molecule has 0 saturated heterocycles. The van der Waals surface area contributed by atoms with Gasteiger partial charge >= 0.3 is 0 Å². The van der Waals surface area contributed by atoms with Gasteiger partial charge in [0, 0.05) is 22.5 Å². The molecular weight excluding hydrogens is 366 g/mol. The van der Waals surface area contributed by atoms with Gasteiger partial charge in [-0.3, -0.25) is 0 Å². The fraction of sp³-hybridized carbons (Fsp3) is 0.158. The van der Waals surface area contributed by atoms with E-state index in [0.717, 1.165) is 22.7 Å². The lowest BCUT2D eigenvalue weighted by atomic mass is 10.2. The summed E-state index contributed by atoms with van der Waals surface area (Å²) in [5.41, 5.74) is 9.31. The minimum Gasteiger partial charge on any atom is -0.486 e. The maximum absolute atomic E-state index is 6.27. The van der Waals surface area contributed by atoms with Crippen LogP contribution in [-0.2, 0) is 0 Å². The van der Waals surface area contributed by atoms with Crippen molar-refractivity contribution in [3.8, 4) is 11.5 Å². The van der Waals surface area contributed by atoms with E-state index in [0.29, 0.717) is 41.3 Å². The largest absolute Gasteiger partial charge is 0.486 e. The molecule has 2 heterocycles. The molecule has 2 aromatic carbocycles. The number of fused-ring (bicyclic) bond motifs is 1. The zero-order chi connectivity index (χ0) is 18.8. The minimum absolute atomic E-state index is 0.395. The first-order chi connectivity index (χ1) is 13.1. The number of ether oxygens (including phenoxy) is 2. The van der Waals surface area contributed by atoms with E-state index in [1.165, 1.54) is 6.33 Å². The Hall–Kier alpha value is -3.19. The summed E-state index contributed by atoms with van der Waals surface area (Å²) in [4.78, 5) is 8.48. The Morgan fingerprint density at radius 1 is 0.963 bits per heavy atom. The van der Waals surface area contributed by atoms with Crippen LogP contribution in [0.15, 0.2) is 42.7 Å². The summed E-state index contributed by atoms with van der Waals surface area (Å²) in [6, 6.07) is 11.2. The normalized spacial score (nSPS) is 12.5. The molecule has 7 nitrogen and oxygen atoms in total. The van der Waals surface area contributed by atoms with Crippen molar-refractivity contribution in [3.05, 3.63) is 53.3 Å². The highest BCUT2D eigenvalue weighted by atomic mass is 35.5. The first kappa shape index (κ1) is 17.2. The van der Waals surface area contributed by atoms with Crippen LogP contribution in [0.5, 0.6) is 11.5 Å². The molecule has 0 unspecified atom stereocenters. The Labute approximate surface area is 161 Å². The molecule has 0 fully saturated rings. The summed E-state index contributed by atoms with van der Waals surface area (Å²) < 4.78 is 11.1. The van der Waals surface area contributed by atoms with E-state index in [1.54, 1.807) is 0 Å². The van der Waals surface area contributed by atoms with Crippen molar-refractivity contribution in [3.63, 3.8) is 0 Å². The quantitative estimate of drug-likeness (QED) is 0.619. The summed E-state index contributed by atoms with van der Waals surface area (Å²) in [5.74, 6) is 2.40. The number of nitrogens with two attached hydrogens (primary N) is 1. The number of nitrogen functional groups attached to an aromatic ring is 1. The van der Waals surface area contributed by atoms with Gasteiger partial charge in [-0.15, -0.1) is 0 Å². The Kier molecular flexibility index (Phi) is 4.60. The van der Waals surface area contributed by atoms with Crippen LogP contribution in [0, 0.1) is 6.92 Å². The van der Waals surface area contributed by atoms with E-state index < -0.39 is 0 Å². The van der Waals surface area contributed by atoms with Gasteiger partial charge in [0.1, 0.15) is 25.2 Å². The van der Waals surface area contributed by atoms with Crippen molar-refractivity contribution in [1.29, 1.82) is 0 Å². The third-order valence-corrected chi connectivity index (χ3v) is 4.38. The summed E-state index contributed by atoms with van der Waals surface area (Å²) in [6.07, 6.45) is 1.44. The number of hydrogen-bond donors (Lipinski definition) is 3. The molecule has 4 rings (SSSR count). The second-order valence-electron chi connectivity index (χ2n) is 6.05. The smallest absolute Gasteiger partial charge is 0.163 e. The molecule has 0 saturated carbocycles. The zero-order valence-electron chi connectivity index (χ0n) is 14.6. The Bertz CT molecular complexity index is 996. The van der Waals surface area contributed by atoms with E-state index in [2.05, 4.69) is 20.6 Å². The van der Waals surface area contributed by atoms with Gasteiger partial charge in [-0.25, -0.2) is 9.97 Å². The molecule has 0 atom stereocenters. The van der Waals surface area contributed by atoms with Crippen LogP contribution in [0.4, 0.5) is 28.7 Å². The van der Waals surface area contributed by atoms with E-state index in [1.807, 2.05) is 43.3 Å². The Morgan fingerprint density at radius 3 is 2.52 bits per heavy atom. The van der Waals surface area contributed by atoms with E-state index in [4.69, 9.17) is 26.8 Å². The minimum atomic E-state index is 0.395. The second-order valence-corrected chi connectivity index (χ2v) is 6.49. The lowest BCUT2D eigenvalue weighted by Crippen LogP contribution is -2.15. The molecule has 0 aliphatic carbocycles. The number of benzene rings is 2. The molecule has 4 N–H and O–H groups in total. The van der Waals surface area contributed by atoms with Gasteiger partial charge < -0.3 is 25.8 Å². The van der Waals surface area contributed by atoms with Crippen molar-refractivity contribution in [1.82, 2.24) is 9.97 Å². The molecule has 1 aromatic heterocycles. The molecule has 0 amide bonds. The SMILES string of the molecule is Cc1ccc(Cl)cc1Nc1ncnc(Nc2ccc3c(c2)OCCO3)c1N. The highest BCUT2D eigenvalue weighted by Gasteiger charge is 2.14. The van der Waals surface area contributed by atoms with Gasteiger partial charge in [-0.1, -0.05) is 17.7 Å². The van der Waals surface area contributed by atoms with Gasteiger partial charge in [0.25, 0.3) is 0 Å². The Balaban J connectivity index is 1.59. The van der Waals surface area contributed by atoms with Crippen LogP contribution in [0.1, 0.15) is 5.56 Å². The predicted octanol–water partition coefficient (Wildman–Crippen LogP) is 4.28. The fourth-order valence-electron chi connectivity index (χ4n) is 2.71. The number of aryl methyl sites for hydroxylation is 1. The number of nitrogens with zero attached hydrogens (tertiary/aromatic N) is 2. The van der Waals surface area contributed by atoms with Gasteiger partial charge in [-0.2, -0.15) is 0 Å². The molecule has 8 heteroatoms. The number of aromatic nitrogens is 2. The molecule has 138 valence electrons. The predicted molar refractivity (Wildman–Crippen MR) is 107 cm³/mol. The average Bonchev–Trinajstić information content (AvgIpc) is 2.68. The highest BCUT2D eigenvalue weighted by Crippen LogP contribution is 2.35. The van der Waals surface area contributed by atoms with Crippen LogP contribution >= 0.6 is 11.6 Å². The molecule has 0 radical (unpaired) electrons. The van der Waals surface area contributed by atoms with Crippen LogP contribution in [-0.4, -0.2) is 23.2 Å². The third-order valence-electron chi connectivity index (χ3n) is 4.14. The lowest BCUT2D eigenvalue weighted by Gasteiger charge is -2.19. The van der Waals surface area contributed by atoms with Gasteiger partial charge in [0.15, 0.2) is 23.1 Å². The van der Waals surface area contributed by atoms with Crippen LogP contribution in [0.2, 0.25) is 5.02 Å². The van der Waals surface area contributed by atoms with Crippen molar-refractivity contribution in [2.24, 2.45) is 0 Å². The maximum atomic E-state index is 6.27. The van der Waals surface area contributed by atoms with Crippen molar-refractivity contribution in [2.45, 2.75) is 6.92 Å². The topological polar surface area (TPSA) is 94.3 Å². The summed E-state index contributed by atoms with van der Waals surface area (Å²) in [6.45, 7) is 3.06. The van der Waals surface area contributed by atoms with E-state index in [-0.39, 0.29) is 0 Å². The highest BCUT2D eigenvalue weighted by molar-refractivity contribution is 6.30. The van der Waals surface area contributed by atoms with Crippen molar-refractivity contribution < 1.29 is 9.47 Å². The van der Waals surface area contributed by atoms with Crippen LogP contribution < -0.4 is 25.8 Å². The van der Waals surface area contributed by atoms with Crippen LogP contribution in [0.3, 0.4) is 0 Å². The molecule has 27 heavy (non-hydrogen) atoms. The molecule has 0 bridgehead atoms. The number of anilines is 5. The average molecular weight is 384 g/mol. The summed E-state index contributed by atoms with van der Waals surface area (Å²) >= 11 is 6.08. The van der Waals surface area contributed by atoms with Gasteiger partial charge in [-0.05, 0) is 36.8 Å². The maximum Gasteiger partial charge on any atom is 0.163 e. The van der Waals surface area contributed by atoms with E-state index >= 15 is 0 Å². The molecule has 3 aromatic rings. The number of nitrogens with one attached hydrogen (secondary N) is 2. The van der Waals surface area contributed by atoms with Crippen molar-refractivity contribution in [2.75, 3.05) is 29.6 Å². The summed E-state index contributed by atoms with van der Waals surface area (Å²) in [7, 11) is 0. The van der Waals surface area contributed by atoms with E-state index in [9.17, 15) is 0 Å². The zero-order valence-corrected chi connectivity index (χ0v) is 15.4. The monoisotopic (exact) mass is 383 g/mol. The standard InChI is InChI=1S/C19H18ClN5O2/c1-11-2-3-12(20)8-14(11)25-19-17(21)18(22-10-23-19)24-13-4-5-15-16(9-13)27-7-6-26-15/h2-5,8-10H,6-7,21H2,1H3,(H2,22,23,24,25). The summed E-state index contributed by atoms with van der Waals surface area (Å²) in [5, 5.41) is 7.04. The second kappa shape index (κ2) is 7.20. The molecule has 1 aliphatic rings. The third kappa shape index (κ3) is 3.68. The van der Waals surface area contributed by atoms with Crippen molar-refractivity contribution >= 4 is 40.3 Å². The number of hydrogen-bond acceptors (Lipinski definition) is 7. The molecule has 0 spiro atoms. The van der Waals surface area contributed by atoms with Gasteiger partial charge in [0.2, 0.25) is 0 Å². The number of halogens is 1. The first-order valence-electron chi connectivity index (χ1n) is 8.40. The molecular formula is C19H18ClN5O2. The van der Waals surface area contributed by atoms with Gasteiger partial charge in [0.05, 0.1) is 0 Å². The first-order valence-corrected chi connectivity index (χ1v) is 8.78. The lowest BCUT2D eigenvalue weighted by molar-refractivity contribution is 0.171. The fourth-order valence-corrected chi connectivity index (χ4v) is 2.88. The number of rotatable bonds is 4. The Morgan fingerprint density at radius 2 is 1.70 bits per heavy atom. The van der Waals surface area contributed by atoms with Crippen LogP contribution in [0.25, 0.3) is 0 Å². The molecule has 1 aliphatic heterocycles.